The predicted octanol–water partition coefficient (Wildman–Crippen LogP) is 4.58. The van der Waals surface area contributed by atoms with Gasteiger partial charge in [-0.15, -0.1) is 0 Å². The first-order chi connectivity index (χ1) is 11.6. The van der Waals surface area contributed by atoms with Crippen LogP contribution in [0.4, 0.5) is 0 Å². The number of unbranched alkanes of at least 4 members (excludes halogenated alkanes) is 1. The Bertz CT molecular complexity index is 685. The maximum atomic E-state index is 12.4. The van der Waals surface area contributed by atoms with Crippen LogP contribution in [0.5, 0.6) is 0 Å². The minimum absolute atomic E-state index is 0.210. The highest BCUT2D eigenvalue weighted by atomic mass is 35.5. The summed E-state index contributed by atoms with van der Waals surface area (Å²) >= 11 is 6.01. The smallest absolute Gasteiger partial charge is 0.352 e. The molecule has 2 aromatic rings. The summed E-state index contributed by atoms with van der Waals surface area (Å²) in [6.07, 6.45) is 0.542. The summed E-state index contributed by atoms with van der Waals surface area (Å²) in [5, 5.41) is 0.272. The number of carbonyl (C=O) groups is 2. The lowest BCUT2D eigenvalue weighted by molar-refractivity contribution is -0.154. The lowest BCUT2D eigenvalue weighted by atomic mass is 10.1. The molecule has 0 aromatic heterocycles. The monoisotopic (exact) mass is 346 g/mol. The minimum atomic E-state index is -1.12. The van der Waals surface area contributed by atoms with Gasteiger partial charge in [-0.1, -0.05) is 67.4 Å². The summed E-state index contributed by atoms with van der Waals surface area (Å²) in [7, 11) is 0. The minimum Gasteiger partial charge on any atom is -0.463 e. The molecule has 0 aliphatic rings. The molecule has 1 unspecified atom stereocenters. The molecule has 24 heavy (non-hydrogen) atoms. The maximum absolute atomic E-state index is 12.4. The van der Waals surface area contributed by atoms with Crippen molar-refractivity contribution in [3.05, 3.63) is 70.7 Å². The third kappa shape index (κ3) is 4.83. The van der Waals surface area contributed by atoms with Crippen LogP contribution in [0.1, 0.15) is 41.8 Å². The second kappa shape index (κ2) is 9.08. The first-order valence-corrected chi connectivity index (χ1v) is 8.18. The molecule has 126 valence electrons. The van der Waals surface area contributed by atoms with Gasteiger partial charge in [-0.3, -0.25) is 0 Å². The van der Waals surface area contributed by atoms with Crippen molar-refractivity contribution in [3.8, 4) is 0 Å². The zero-order valence-electron chi connectivity index (χ0n) is 13.4. The van der Waals surface area contributed by atoms with E-state index in [1.807, 2.05) is 13.0 Å². The standard InChI is InChI=1S/C19H19ClO4/c1-2-3-13-23-19(22)17(14-9-5-4-6-10-14)24-18(21)15-11-7-8-12-16(15)20/h4-12,17H,2-3,13H2,1H3. The molecule has 1 atom stereocenters. The lowest BCUT2D eigenvalue weighted by Crippen LogP contribution is -2.22. The summed E-state index contributed by atoms with van der Waals surface area (Å²) in [6.45, 7) is 2.29. The van der Waals surface area contributed by atoms with Crippen LogP contribution >= 0.6 is 11.6 Å². The molecule has 5 heteroatoms. The van der Waals surface area contributed by atoms with Crippen molar-refractivity contribution >= 4 is 23.5 Å². The van der Waals surface area contributed by atoms with Crippen LogP contribution in [0.15, 0.2) is 54.6 Å². The Morgan fingerprint density at radius 3 is 2.38 bits per heavy atom. The fourth-order valence-corrected chi connectivity index (χ4v) is 2.28. The molecule has 4 nitrogen and oxygen atoms in total. The number of hydrogen-bond donors (Lipinski definition) is 0. The van der Waals surface area contributed by atoms with E-state index < -0.39 is 18.0 Å². The van der Waals surface area contributed by atoms with Crippen LogP contribution in [0.25, 0.3) is 0 Å². The molecule has 0 bridgehead atoms. The highest BCUT2D eigenvalue weighted by molar-refractivity contribution is 6.33. The van der Waals surface area contributed by atoms with Crippen LogP contribution in [-0.4, -0.2) is 18.5 Å². The van der Waals surface area contributed by atoms with Crippen molar-refractivity contribution in [1.82, 2.24) is 0 Å². The Balaban J connectivity index is 2.18. The SMILES string of the molecule is CCCCOC(=O)C(OC(=O)c1ccccc1Cl)c1ccccc1. The van der Waals surface area contributed by atoms with Crippen molar-refractivity contribution in [2.45, 2.75) is 25.9 Å². The first kappa shape index (κ1) is 18.0. The van der Waals surface area contributed by atoms with Crippen molar-refractivity contribution in [2.75, 3.05) is 6.61 Å². The molecule has 0 aliphatic carbocycles. The molecule has 0 heterocycles. The fourth-order valence-electron chi connectivity index (χ4n) is 2.07. The Kier molecular flexibility index (Phi) is 6.82. The second-order valence-corrected chi connectivity index (χ2v) is 5.60. The summed E-state index contributed by atoms with van der Waals surface area (Å²) < 4.78 is 10.6. The van der Waals surface area contributed by atoms with E-state index in [-0.39, 0.29) is 10.6 Å². The normalized spacial score (nSPS) is 11.6. The maximum Gasteiger partial charge on any atom is 0.352 e. The number of ether oxygens (including phenoxy) is 2. The summed E-state index contributed by atoms with van der Waals surface area (Å²) in [4.78, 5) is 24.7. The third-order valence-electron chi connectivity index (χ3n) is 3.38. The number of hydrogen-bond acceptors (Lipinski definition) is 4. The number of rotatable bonds is 7. The molecule has 0 amide bonds. The van der Waals surface area contributed by atoms with Crippen molar-refractivity contribution < 1.29 is 19.1 Å². The van der Waals surface area contributed by atoms with Gasteiger partial charge < -0.3 is 9.47 Å². The van der Waals surface area contributed by atoms with E-state index in [2.05, 4.69) is 0 Å². The molecule has 0 N–H and O–H groups in total. The van der Waals surface area contributed by atoms with Gasteiger partial charge in [0.25, 0.3) is 0 Å². The van der Waals surface area contributed by atoms with Crippen molar-refractivity contribution in [2.24, 2.45) is 0 Å². The molecule has 0 aliphatic heterocycles. The Labute approximate surface area is 146 Å². The van der Waals surface area contributed by atoms with Crippen LogP contribution in [-0.2, 0) is 14.3 Å². The highest BCUT2D eigenvalue weighted by Gasteiger charge is 2.27. The molecular formula is C19H19ClO4. The summed E-state index contributed by atoms with van der Waals surface area (Å²) in [5.74, 6) is -1.25. The fraction of sp³-hybridized carbons (Fsp3) is 0.263. The highest BCUT2D eigenvalue weighted by Crippen LogP contribution is 2.23. The van der Waals surface area contributed by atoms with E-state index in [1.54, 1.807) is 48.5 Å². The number of benzene rings is 2. The molecular weight excluding hydrogens is 328 g/mol. The summed E-state index contributed by atoms with van der Waals surface area (Å²) in [6, 6.07) is 15.3. The third-order valence-corrected chi connectivity index (χ3v) is 3.71. The predicted molar refractivity (Wildman–Crippen MR) is 91.9 cm³/mol. The van der Waals surface area contributed by atoms with Crippen LogP contribution < -0.4 is 0 Å². The second-order valence-electron chi connectivity index (χ2n) is 5.20. The van der Waals surface area contributed by atoms with Gasteiger partial charge >= 0.3 is 11.9 Å². The molecule has 0 saturated carbocycles. The average Bonchev–Trinajstić information content (AvgIpc) is 2.60. The molecule has 2 rings (SSSR count). The largest absolute Gasteiger partial charge is 0.463 e. The van der Waals surface area contributed by atoms with Gasteiger partial charge in [0.15, 0.2) is 0 Å². The number of carbonyl (C=O) groups excluding carboxylic acids is 2. The Morgan fingerprint density at radius 1 is 1.04 bits per heavy atom. The molecule has 0 fully saturated rings. The topological polar surface area (TPSA) is 52.6 Å². The number of halogens is 1. The molecule has 0 radical (unpaired) electrons. The van der Waals surface area contributed by atoms with Crippen LogP contribution in [0.3, 0.4) is 0 Å². The van der Waals surface area contributed by atoms with Gasteiger partial charge in [-0.25, -0.2) is 9.59 Å². The van der Waals surface area contributed by atoms with Gasteiger partial charge in [0.05, 0.1) is 17.2 Å². The van der Waals surface area contributed by atoms with Crippen molar-refractivity contribution in [3.63, 3.8) is 0 Å². The molecule has 0 saturated heterocycles. The van der Waals surface area contributed by atoms with Gasteiger partial charge in [0.1, 0.15) is 0 Å². The first-order valence-electron chi connectivity index (χ1n) is 7.80. The van der Waals surface area contributed by atoms with E-state index in [1.165, 1.54) is 0 Å². The van der Waals surface area contributed by atoms with E-state index in [9.17, 15) is 9.59 Å². The zero-order chi connectivity index (χ0) is 17.4. The quantitative estimate of drug-likeness (QED) is 0.544. The molecule has 0 spiro atoms. The number of esters is 2. The summed E-state index contributed by atoms with van der Waals surface area (Å²) in [5.41, 5.74) is 0.765. The van der Waals surface area contributed by atoms with Gasteiger partial charge in [0, 0.05) is 5.56 Å². The lowest BCUT2D eigenvalue weighted by Gasteiger charge is -2.17. The average molecular weight is 347 g/mol. The van der Waals surface area contributed by atoms with Gasteiger partial charge in [-0.2, -0.15) is 0 Å². The zero-order valence-corrected chi connectivity index (χ0v) is 14.2. The van der Waals surface area contributed by atoms with Crippen LogP contribution in [0, 0.1) is 0 Å². The van der Waals surface area contributed by atoms with Crippen molar-refractivity contribution in [1.29, 1.82) is 0 Å². The van der Waals surface area contributed by atoms with E-state index >= 15 is 0 Å². The van der Waals surface area contributed by atoms with E-state index in [0.717, 1.165) is 12.8 Å². The molecule has 2 aromatic carbocycles. The van der Waals surface area contributed by atoms with Gasteiger partial charge in [0.2, 0.25) is 6.10 Å². The Hall–Kier alpha value is -2.33. The van der Waals surface area contributed by atoms with Gasteiger partial charge in [-0.05, 0) is 18.6 Å². The van der Waals surface area contributed by atoms with E-state index in [0.29, 0.717) is 12.2 Å². The Morgan fingerprint density at radius 2 is 1.71 bits per heavy atom. The van der Waals surface area contributed by atoms with Crippen LogP contribution in [0.2, 0.25) is 5.02 Å². The van der Waals surface area contributed by atoms with E-state index in [4.69, 9.17) is 21.1 Å².